The molecule has 1 unspecified atom stereocenters. The average Bonchev–Trinajstić information content (AvgIpc) is 2.33. The first kappa shape index (κ1) is 14.7. The van der Waals surface area contributed by atoms with E-state index in [1.54, 1.807) is 12.4 Å². The number of pyridine rings is 1. The molecule has 1 aromatic heterocycles. The van der Waals surface area contributed by atoms with Gasteiger partial charge in [-0.1, -0.05) is 45.4 Å². The summed E-state index contributed by atoms with van der Waals surface area (Å²) in [6, 6.07) is 1.94. The predicted octanol–water partition coefficient (Wildman–Crippen LogP) is 4.63. The van der Waals surface area contributed by atoms with Crippen LogP contribution in [0.4, 0.5) is 0 Å². The first-order valence-electron chi connectivity index (χ1n) is 6.52. The fourth-order valence-electron chi connectivity index (χ4n) is 1.90. The molecule has 1 aromatic rings. The Morgan fingerprint density at radius 2 is 1.88 bits per heavy atom. The Bertz CT molecular complexity index is 317. The summed E-state index contributed by atoms with van der Waals surface area (Å²) in [4.78, 5) is 4.07. The van der Waals surface area contributed by atoms with Crippen LogP contribution in [0.3, 0.4) is 0 Å². The summed E-state index contributed by atoms with van der Waals surface area (Å²) in [6.45, 7) is 2.23. The number of aromatic nitrogens is 1. The molecule has 0 aromatic carbocycles. The van der Waals surface area contributed by atoms with Crippen LogP contribution in [0, 0.1) is 0 Å². The van der Waals surface area contributed by atoms with Crippen LogP contribution in [-0.4, -0.2) is 10.1 Å². The van der Waals surface area contributed by atoms with Crippen molar-refractivity contribution >= 4 is 15.9 Å². The summed E-state index contributed by atoms with van der Waals surface area (Å²) in [6.07, 6.45) is 11.5. The highest BCUT2D eigenvalue weighted by molar-refractivity contribution is 9.10. The Labute approximate surface area is 113 Å². The average molecular weight is 300 g/mol. The molecule has 0 radical (unpaired) electrons. The fourth-order valence-corrected chi connectivity index (χ4v) is 2.28. The number of hydrogen-bond acceptors (Lipinski definition) is 2. The summed E-state index contributed by atoms with van der Waals surface area (Å²) in [5.74, 6) is 0. The smallest absolute Gasteiger partial charge is 0.0805 e. The molecule has 1 rings (SSSR count). The zero-order valence-corrected chi connectivity index (χ0v) is 12.1. The number of aliphatic hydroxyl groups is 1. The molecule has 96 valence electrons. The van der Waals surface area contributed by atoms with E-state index in [-0.39, 0.29) is 6.10 Å². The Morgan fingerprint density at radius 1 is 1.18 bits per heavy atom. The summed E-state index contributed by atoms with van der Waals surface area (Å²) in [5, 5.41) is 9.99. The monoisotopic (exact) mass is 299 g/mol. The van der Waals surface area contributed by atoms with E-state index in [0.717, 1.165) is 22.9 Å². The number of unbranched alkanes of at least 4 members (excludes halogenated alkanes) is 5. The molecule has 0 aliphatic carbocycles. The Hall–Kier alpha value is -0.410. The van der Waals surface area contributed by atoms with Gasteiger partial charge in [0.1, 0.15) is 0 Å². The molecule has 1 N–H and O–H groups in total. The van der Waals surface area contributed by atoms with E-state index < -0.39 is 0 Å². The number of hydrogen-bond donors (Lipinski definition) is 1. The van der Waals surface area contributed by atoms with Crippen molar-refractivity contribution in [3.63, 3.8) is 0 Å². The lowest BCUT2D eigenvalue weighted by Gasteiger charge is -2.10. The molecular formula is C14H22BrNO. The summed E-state index contributed by atoms with van der Waals surface area (Å²) >= 11 is 3.37. The zero-order chi connectivity index (χ0) is 12.5. The molecule has 0 spiro atoms. The van der Waals surface area contributed by atoms with Gasteiger partial charge in [-0.2, -0.15) is 0 Å². The van der Waals surface area contributed by atoms with E-state index in [1.165, 1.54) is 32.1 Å². The Morgan fingerprint density at radius 3 is 2.59 bits per heavy atom. The first-order chi connectivity index (χ1) is 8.24. The van der Waals surface area contributed by atoms with Crippen molar-refractivity contribution in [2.24, 2.45) is 0 Å². The van der Waals surface area contributed by atoms with Crippen LogP contribution in [-0.2, 0) is 0 Å². The van der Waals surface area contributed by atoms with E-state index in [2.05, 4.69) is 27.8 Å². The van der Waals surface area contributed by atoms with E-state index >= 15 is 0 Å². The molecule has 1 heterocycles. The van der Waals surface area contributed by atoms with Crippen molar-refractivity contribution in [2.45, 2.75) is 58.0 Å². The van der Waals surface area contributed by atoms with Crippen molar-refractivity contribution < 1.29 is 5.11 Å². The van der Waals surface area contributed by atoms with Gasteiger partial charge in [0.25, 0.3) is 0 Å². The van der Waals surface area contributed by atoms with Crippen LogP contribution in [0.5, 0.6) is 0 Å². The minimum atomic E-state index is -0.369. The molecule has 0 saturated carbocycles. The summed E-state index contributed by atoms with van der Waals surface area (Å²) in [7, 11) is 0. The van der Waals surface area contributed by atoms with Crippen LogP contribution < -0.4 is 0 Å². The molecule has 0 fully saturated rings. The highest BCUT2D eigenvalue weighted by Gasteiger charge is 2.07. The maximum absolute atomic E-state index is 9.99. The van der Waals surface area contributed by atoms with Gasteiger partial charge in [-0.15, -0.1) is 0 Å². The van der Waals surface area contributed by atoms with Crippen LogP contribution in [0.25, 0.3) is 0 Å². The minimum Gasteiger partial charge on any atom is -0.388 e. The van der Waals surface area contributed by atoms with Crippen LogP contribution in [0.15, 0.2) is 22.9 Å². The molecule has 0 saturated heterocycles. The third kappa shape index (κ3) is 6.18. The highest BCUT2D eigenvalue weighted by atomic mass is 79.9. The SMILES string of the molecule is CCCCCCCCC(O)c1cncc(Br)c1. The summed E-state index contributed by atoms with van der Waals surface area (Å²) in [5.41, 5.74) is 0.910. The normalized spacial score (nSPS) is 12.6. The Kier molecular flexibility index (Phi) is 7.45. The number of halogens is 1. The van der Waals surface area contributed by atoms with E-state index in [4.69, 9.17) is 0 Å². The Balaban J connectivity index is 2.19. The van der Waals surface area contributed by atoms with Gasteiger partial charge in [-0.3, -0.25) is 4.98 Å². The van der Waals surface area contributed by atoms with E-state index in [9.17, 15) is 5.11 Å². The third-order valence-electron chi connectivity index (χ3n) is 2.94. The molecule has 0 bridgehead atoms. The van der Waals surface area contributed by atoms with Crippen molar-refractivity contribution in [1.82, 2.24) is 4.98 Å². The molecule has 0 amide bonds. The van der Waals surface area contributed by atoms with Crippen LogP contribution in [0.1, 0.15) is 63.5 Å². The molecule has 0 aliphatic rings. The first-order valence-corrected chi connectivity index (χ1v) is 7.32. The van der Waals surface area contributed by atoms with Crippen LogP contribution >= 0.6 is 15.9 Å². The maximum Gasteiger partial charge on any atom is 0.0805 e. The van der Waals surface area contributed by atoms with Gasteiger partial charge in [-0.05, 0) is 34.0 Å². The molecule has 2 nitrogen and oxygen atoms in total. The number of nitrogens with zero attached hydrogens (tertiary/aromatic N) is 1. The lowest BCUT2D eigenvalue weighted by molar-refractivity contribution is 0.163. The van der Waals surface area contributed by atoms with Gasteiger partial charge in [0.05, 0.1) is 6.10 Å². The quantitative estimate of drug-likeness (QED) is 0.710. The molecule has 1 atom stereocenters. The van der Waals surface area contributed by atoms with Crippen molar-refractivity contribution in [2.75, 3.05) is 0 Å². The summed E-state index contributed by atoms with van der Waals surface area (Å²) < 4.78 is 0.928. The van der Waals surface area contributed by atoms with Crippen LogP contribution in [0.2, 0.25) is 0 Å². The standard InChI is InChI=1S/C14H22BrNO/c1-2-3-4-5-6-7-8-14(17)12-9-13(15)11-16-10-12/h9-11,14,17H,2-8H2,1H3. The van der Waals surface area contributed by atoms with Crippen molar-refractivity contribution in [3.8, 4) is 0 Å². The lowest BCUT2D eigenvalue weighted by Crippen LogP contribution is -1.98. The second-order valence-electron chi connectivity index (χ2n) is 4.51. The highest BCUT2D eigenvalue weighted by Crippen LogP contribution is 2.21. The van der Waals surface area contributed by atoms with Crippen molar-refractivity contribution in [1.29, 1.82) is 0 Å². The van der Waals surface area contributed by atoms with Gasteiger partial charge in [0, 0.05) is 16.9 Å². The second kappa shape index (κ2) is 8.65. The number of rotatable bonds is 8. The maximum atomic E-state index is 9.99. The van der Waals surface area contributed by atoms with Gasteiger partial charge < -0.3 is 5.11 Å². The van der Waals surface area contributed by atoms with E-state index in [1.807, 2.05) is 6.07 Å². The second-order valence-corrected chi connectivity index (χ2v) is 5.42. The van der Waals surface area contributed by atoms with Gasteiger partial charge in [0.15, 0.2) is 0 Å². The van der Waals surface area contributed by atoms with E-state index in [0.29, 0.717) is 0 Å². The van der Waals surface area contributed by atoms with Gasteiger partial charge >= 0.3 is 0 Å². The lowest BCUT2D eigenvalue weighted by atomic mass is 10.0. The number of aliphatic hydroxyl groups excluding tert-OH is 1. The minimum absolute atomic E-state index is 0.369. The molecule has 3 heteroatoms. The van der Waals surface area contributed by atoms with Gasteiger partial charge in [-0.25, -0.2) is 0 Å². The van der Waals surface area contributed by atoms with Gasteiger partial charge in [0.2, 0.25) is 0 Å². The molecular weight excluding hydrogens is 278 g/mol. The topological polar surface area (TPSA) is 33.1 Å². The molecule has 17 heavy (non-hydrogen) atoms. The zero-order valence-electron chi connectivity index (χ0n) is 10.5. The molecule has 0 aliphatic heterocycles. The van der Waals surface area contributed by atoms with Crippen molar-refractivity contribution in [3.05, 3.63) is 28.5 Å². The largest absolute Gasteiger partial charge is 0.388 e. The fraction of sp³-hybridized carbons (Fsp3) is 0.643. The predicted molar refractivity (Wildman–Crippen MR) is 74.9 cm³/mol. The third-order valence-corrected chi connectivity index (χ3v) is 3.38.